The molecule has 0 radical (unpaired) electrons. The number of rotatable bonds is 5. The van der Waals surface area contributed by atoms with Gasteiger partial charge in [-0.15, -0.1) is 0 Å². The molecule has 1 aliphatic rings. The minimum atomic E-state index is 0.464. The fourth-order valence-electron chi connectivity index (χ4n) is 2.39. The van der Waals surface area contributed by atoms with Crippen LogP contribution in [0.1, 0.15) is 46.5 Å². The molecule has 14 heavy (non-hydrogen) atoms. The van der Waals surface area contributed by atoms with Gasteiger partial charge >= 0.3 is 0 Å². The molecule has 1 saturated carbocycles. The lowest BCUT2D eigenvalue weighted by atomic mass is 10.1. The van der Waals surface area contributed by atoms with Crippen molar-refractivity contribution < 1.29 is 0 Å². The molecule has 2 N–H and O–H groups in total. The van der Waals surface area contributed by atoms with Crippen molar-refractivity contribution in [1.82, 2.24) is 4.90 Å². The Hall–Kier alpha value is -0.0800. The summed E-state index contributed by atoms with van der Waals surface area (Å²) in [5.41, 5.74) is 5.95. The van der Waals surface area contributed by atoms with Crippen LogP contribution in [0, 0.1) is 5.92 Å². The van der Waals surface area contributed by atoms with E-state index in [0.717, 1.165) is 12.0 Å². The highest BCUT2D eigenvalue weighted by Gasteiger charge is 2.26. The van der Waals surface area contributed by atoms with Gasteiger partial charge < -0.3 is 10.6 Å². The molecule has 84 valence electrons. The monoisotopic (exact) mass is 198 g/mol. The molecule has 0 aromatic heterocycles. The Bertz CT molecular complexity index is 158. The first-order chi connectivity index (χ1) is 6.67. The average molecular weight is 198 g/mol. The molecular formula is C12H26N2. The smallest absolute Gasteiger partial charge is 0.0111 e. The zero-order valence-corrected chi connectivity index (χ0v) is 10.00. The molecule has 0 heterocycles. The molecule has 0 aliphatic heterocycles. The quantitative estimate of drug-likeness (QED) is 0.734. The van der Waals surface area contributed by atoms with Crippen LogP contribution in [-0.2, 0) is 0 Å². The fraction of sp³-hybridized carbons (Fsp3) is 1.00. The van der Waals surface area contributed by atoms with Crippen molar-refractivity contribution >= 4 is 0 Å². The van der Waals surface area contributed by atoms with Gasteiger partial charge in [0, 0.05) is 18.6 Å². The van der Waals surface area contributed by atoms with Crippen molar-refractivity contribution in [3.8, 4) is 0 Å². The highest BCUT2D eigenvalue weighted by Crippen LogP contribution is 2.23. The lowest BCUT2D eigenvalue weighted by Crippen LogP contribution is -2.37. The second-order valence-electron chi connectivity index (χ2n) is 4.83. The van der Waals surface area contributed by atoms with Gasteiger partial charge in [-0.05, 0) is 31.7 Å². The number of hydrogen-bond acceptors (Lipinski definition) is 2. The summed E-state index contributed by atoms with van der Waals surface area (Å²) in [6.07, 6.45) is 5.03. The van der Waals surface area contributed by atoms with Gasteiger partial charge in [-0.3, -0.25) is 0 Å². The molecule has 3 atom stereocenters. The third-order valence-corrected chi connectivity index (χ3v) is 3.61. The lowest BCUT2D eigenvalue weighted by molar-refractivity contribution is 0.179. The summed E-state index contributed by atoms with van der Waals surface area (Å²) in [4.78, 5) is 2.63. The maximum Gasteiger partial charge on any atom is 0.0111 e. The first-order valence-corrected chi connectivity index (χ1v) is 6.17. The summed E-state index contributed by atoms with van der Waals surface area (Å²) in [5, 5.41) is 0. The molecule has 0 saturated heterocycles. The first-order valence-electron chi connectivity index (χ1n) is 6.17. The van der Waals surface area contributed by atoms with E-state index in [0.29, 0.717) is 6.04 Å². The summed E-state index contributed by atoms with van der Waals surface area (Å²) in [6.45, 7) is 9.33. The van der Waals surface area contributed by atoms with E-state index in [9.17, 15) is 0 Å². The van der Waals surface area contributed by atoms with Gasteiger partial charge in [-0.25, -0.2) is 0 Å². The molecule has 0 aromatic rings. The maximum absolute atomic E-state index is 5.95. The third kappa shape index (κ3) is 3.25. The Morgan fingerprint density at radius 1 is 1.36 bits per heavy atom. The topological polar surface area (TPSA) is 29.3 Å². The van der Waals surface area contributed by atoms with E-state index in [1.165, 1.54) is 38.8 Å². The van der Waals surface area contributed by atoms with Gasteiger partial charge in [-0.2, -0.15) is 0 Å². The molecule has 2 heteroatoms. The van der Waals surface area contributed by atoms with Crippen LogP contribution in [0.5, 0.6) is 0 Å². The van der Waals surface area contributed by atoms with Crippen molar-refractivity contribution in [2.75, 3.05) is 13.1 Å². The molecule has 1 aliphatic carbocycles. The molecule has 1 fully saturated rings. The summed E-state index contributed by atoms with van der Waals surface area (Å²) in [6, 6.07) is 1.23. The predicted octanol–water partition coefficient (Wildman–Crippen LogP) is 2.23. The van der Waals surface area contributed by atoms with Crippen LogP contribution in [0.4, 0.5) is 0 Å². The predicted molar refractivity (Wildman–Crippen MR) is 62.3 cm³/mol. The molecule has 3 unspecified atom stereocenters. The Kier molecular flexibility index (Phi) is 4.90. The summed E-state index contributed by atoms with van der Waals surface area (Å²) < 4.78 is 0. The zero-order chi connectivity index (χ0) is 10.6. The van der Waals surface area contributed by atoms with E-state index in [-0.39, 0.29) is 0 Å². The van der Waals surface area contributed by atoms with Gasteiger partial charge in [-0.1, -0.05) is 27.2 Å². The van der Waals surface area contributed by atoms with Crippen LogP contribution in [-0.4, -0.2) is 30.1 Å². The van der Waals surface area contributed by atoms with E-state index < -0.39 is 0 Å². The van der Waals surface area contributed by atoms with E-state index in [1.807, 2.05) is 0 Å². The highest BCUT2D eigenvalue weighted by atomic mass is 15.2. The highest BCUT2D eigenvalue weighted by molar-refractivity contribution is 4.84. The van der Waals surface area contributed by atoms with Crippen LogP contribution in [0.25, 0.3) is 0 Å². The van der Waals surface area contributed by atoms with E-state index in [2.05, 4.69) is 25.7 Å². The third-order valence-electron chi connectivity index (χ3n) is 3.61. The number of nitrogens with zero attached hydrogens (tertiary/aromatic N) is 1. The van der Waals surface area contributed by atoms with Crippen LogP contribution in [0.2, 0.25) is 0 Å². The summed E-state index contributed by atoms with van der Waals surface area (Å²) >= 11 is 0. The first kappa shape index (κ1) is 12.0. The molecule has 0 bridgehead atoms. The van der Waals surface area contributed by atoms with Crippen molar-refractivity contribution in [1.29, 1.82) is 0 Å². The maximum atomic E-state index is 5.95. The Morgan fingerprint density at radius 3 is 2.50 bits per heavy atom. The summed E-state index contributed by atoms with van der Waals surface area (Å²) in [7, 11) is 0. The Labute approximate surface area is 88.8 Å². The van der Waals surface area contributed by atoms with Crippen molar-refractivity contribution in [3.05, 3.63) is 0 Å². The van der Waals surface area contributed by atoms with Crippen molar-refractivity contribution in [3.63, 3.8) is 0 Å². The van der Waals surface area contributed by atoms with Crippen LogP contribution in [0.3, 0.4) is 0 Å². The molecule has 0 amide bonds. The standard InChI is InChI=1S/C12H26N2/c1-4-10(3)9-14(5-2)12-7-6-11(13)8-12/h10-12H,4-9,13H2,1-3H3. The number of hydrogen-bond donors (Lipinski definition) is 1. The van der Waals surface area contributed by atoms with Gasteiger partial charge in [0.25, 0.3) is 0 Å². The molecule has 1 rings (SSSR count). The van der Waals surface area contributed by atoms with Gasteiger partial charge in [0.15, 0.2) is 0 Å². The lowest BCUT2D eigenvalue weighted by Gasteiger charge is -2.29. The van der Waals surface area contributed by atoms with Crippen molar-refractivity contribution in [2.45, 2.75) is 58.5 Å². The van der Waals surface area contributed by atoms with Crippen LogP contribution < -0.4 is 5.73 Å². The normalized spacial score (nSPS) is 29.8. The molecular weight excluding hydrogens is 172 g/mol. The van der Waals surface area contributed by atoms with E-state index >= 15 is 0 Å². The molecule has 0 aromatic carbocycles. The van der Waals surface area contributed by atoms with Gasteiger partial charge in [0.2, 0.25) is 0 Å². The average Bonchev–Trinajstić information content (AvgIpc) is 2.60. The van der Waals surface area contributed by atoms with Crippen LogP contribution in [0.15, 0.2) is 0 Å². The van der Waals surface area contributed by atoms with Gasteiger partial charge in [0.1, 0.15) is 0 Å². The van der Waals surface area contributed by atoms with Crippen LogP contribution >= 0.6 is 0 Å². The van der Waals surface area contributed by atoms with Gasteiger partial charge in [0.05, 0.1) is 0 Å². The Morgan fingerprint density at radius 2 is 2.07 bits per heavy atom. The minimum Gasteiger partial charge on any atom is -0.328 e. The SMILES string of the molecule is CCC(C)CN(CC)C1CCC(N)C1. The molecule has 0 spiro atoms. The zero-order valence-electron chi connectivity index (χ0n) is 10.00. The number of nitrogens with two attached hydrogens (primary N) is 1. The largest absolute Gasteiger partial charge is 0.328 e. The van der Waals surface area contributed by atoms with E-state index in [1.54, 1.807) is 0 Å². The fourth-order valence-corrected chi connectivity index (χ4v) is 2.39. The van der Waals surface area contributed by atoms with E-state index in [4.69, 9.17) is 5.73 Å². The Balaban J connectivity index is 2.37. The molecule has 2 nitrogen and oxygen atoms in total. The second kappa shape index (κ2) is 5.72. The summed E-state index contributed by atoms with van der Waals surface area (Å²) in [5.74, 6) is 0.826. The minimum absolute atomic E-state index is 0.464. The second-order valence-corrected chi connectivity index (χ2v) is 4.83. The van der Waals surface area contributed by atoms with Crippen molar-refractivity contribution in [2.24, 2.45) is 11.7 Å².